The van der Waals surface area contributed by atoms with E-state index in [2.05, 4.69) is 44.3 Å². The van der Waals surface area contributed by atoms with E-state index in [1.54, 1.807) is 24.4 Å². The van der Waals surface area contributed by atoms with E-state index in [0.29, 0.717) is 71.5 Å². The highest BCUT2D eigenvalue weighted by atomic mass is 16.6. The minimum atomic E-state index is -1.01. The molecule has 2 aliphatic heterocycles. The van der Waals surface area contributed by atoms with Gasteiger partial charge in [-0.3, -0.25) is 34.2 Å². The molecule has 2 aromatic heterocycles. The second-order valence-corrected chi connectivity index (χ2v) is 13.7. The van der Waals surface area contributed by atoms with E-state index in [-0.39, 0.29) is 42.0 Å². The van der Waals surface area contributed by atoms with Crippen LogP contribution >= 0.6 is 0 Å². The first kappa shape index (κ1) is 39.7. The molecule has 0 bridgehead atoms. The van der Waals surface area contributed by atoms with Crippen LogP contribution in [0.25, 0.3) is 5.65 Å². The summed E-state index contributed by atoms with van der Waals surface area (Å²) in [4.78, 5) is 68.1. The maximum Gasteiger partial charge on any atom is 0.264 e. The highest BCUT2D eigenvalue weighted by molar-refractivity contribution is 6.25. The quantitative estimate of drug-likeness (QED) is 0.0857. The van der Waals surface area contributed by atoms with Crippen LogP contribution in [0.4, 0.5) is 11.5 Å². The number of ether oxygens (including phenoxy) is 4. The number of nitrogens with one attached hydrogen (secondary N) is 4. The highest BCUT2D eigenvalue weighted by Gasteiger charge is 2.45. The SMILES string of the molecule is CCCc1cc(N[C@@H]2CCC(NC(=O)CCOCCOCCOCCOCCNc3cccc4c3C(=O)N(C3CCC(=O)NC3=O)C4=O)C2)n2nccc2n1. The molecule has 3 atom stereocenters. The van der Waals surface area contributed by atoms with Gasteiger partial charge in [0.05, 0.1) is 70.2 Å². The Balaban J connectivity index is 0.752. The molecule has 3 aliphatic rings. The molecular weight excluding hydrogens is 712 g/mol. The number of amides is 5. The fourth-order valence-electron chi connectivity index (χ4n) is 7.05. The van der Waals surface area contributed by atoms with Gasteiger partial charge < -0.3 is 34.9 Å². The fourth-order valence-corrected chi connectivity index (χ4v) is 7.05. The van der Waals surface area contributed by atoms with Crippen molar-refractivity contribution in [1.82, 2.24) is 30.1 Å². The van der Waals surface area contributed by atoms with Crippen molar-refractivity contribution in [1.29, 1.82) is 0 Å². The van der Waals surface area contributed by atoms with Gasteiger partial charge >= 0.3 is 0 Å². The highest BCUT2D eigenvalue weighted by Crippen LogP contribution is 2.32. The minimum Gasteiger partial charge on any atom is -0.382 e. The number of hydrogen-bond acceptors (Lipinski definition) is 13. The van der Waals surface area contributed by atoms with E-state index >= 15 is 0 Å². The number of carbonyl (C=O) groups excluding carboxylic acids is 5. The van der Waals surface area contributed by atoms with Gasteiger partial charge in [-0.05, 0) is 44.2 Å². The number of rotatable bonds is 22. The van der Waals surface area contributed by atoms with Crippen LogP contribution in [0.15, 0.2) is 36.5 Å². The lowest BCUT2D eigenvalue weighted by molar-refractivity contribution is -0.136. The predicted molar refractivity (Wildman–Crippen MR) is 200 cm³/mol. The molecule has 4 heterocycles. The van der Waals surface area contributed by atoms with Crippen molar-refractivity contribution < 1.29 is 42.9 Å². The van der Waals surface area contributed by atoms with Crippen molar-refractivity contribution in [2.45, 2.75) is 76.4 Å². The summed E-state index contributed by atoms with van der Waals surface area (Å²) in [6.45, 7) is 5.47. The van der Waals surface area contributed by atoms with Crippen LogP contribution in [-0.2, 0) is 39.8 Å². The fraction of sp³-hybridized carbons (Fsp3) is 0.553. The van der Waals surface area contributed by atoms with Gasteiger partial charge in [-0.15, -0.1) is 0 Å². The van der Waals surface area contributed by atoms with Crippen LogP contribution in [0.3, 0.4) is 0 Å². The van der Waals surface area contributed by atoms with Gasteiger partial charge in [0.25, 0.3) is 11.8 Å². The standard InChI is InChI=1S/C38H50N8O9/c1-2-4-25-24-32(46-31(41-25)11-13-40-46)42-26-7-8-27(23-26)43-34(48)12-15-52-17-19-54-21-22-55-20-18-53-16-14-39-29-6-3-5-28-35(29)38(51)45(37(28)50)30-9-10-33(47)44-36(30)49/h3,5-6,11,13,24,26-27,30,39,42H,2,4,7-10,12,14-23H2,1H3,(H,43,48)(H,44,47,49)/t26-,27?,30?/m1/s1. The molecule has 3 aromatic rings. The smallest absolute Gasteiger partial charge is 0.264 e. The van der Waals surface area contributed by atoms with Gasteiger partial charge in [0.1, 0.15) is 11.9 Å². The zero-order valence-corrected chi connectivity index (χ0v) is 31.2. The Morgan fingerprint density at radius 3 is 2.36 bits per heavy atom. The molecule has 1 saturated carbocycles. The average Bonchev–Trinajstić information content (AvgIpc) is 3.89. The average molecular weight is 763 g/mol. The van der Waals surface area contributed by atoms with Crippen LogP contribution in [0.5, 0.6) is 0 Å². The lowest BCUT2D eigenvalue weighted by Gasteiger charge is -2.27. The number of imide groups is 2. The van der Waals surface area contributed by atoms with Gasteiger partial charge in [-0.25, -0.2) is 4.98 Å². The number of benzene rings is 1. The molecule has 1 aromatic carbocycles. The molecule has 2 unspecified atom stereocenters. The molecule has 17 heteroatoms. The Morgan fingerprint density at radius 2 is 1.62 bits per heavy atom. The molecule has 296 valence electrons. The monoisotopic (exact) mass is 762 g/mol. The molecule has 1 saturated heterocycles. The Labute approximate surface area is 319 Å². The van der Waals surface area contributed by atoms with Crippen LogP contribution in [0.2, 0.25) is 0 Å². The topological polar surface area (TPSA) is 204 Å². The summed E-state index contributed by atoms with van der Waals surface area (Å²) in [6.07, 6.45) is 6.87. The summed E-state index contributed by atoms with van der Waals surface area (Å²) in [5.74, 6) is -1.26. The molecule has 2 fully saturated rings. The van der Waals surface area contributed by atoms with Crippen molar-refractivity contribution >= 4 is 46.7 Å². The Morgan fingerprint density at radius 1 is 0.891 bits per heavy atom. The van der Waals surface area contributed by atoms with E-state index in [4.69, 9.17) is 18.9 Å². The van der Waals surface area contributed by atoms with E-state index in [1.165, 1.54) is 0 Å². The number of nitrogens with zero attached hydrogens (tertiary/aromatic N) is 4. The molecule has 1 aliphatic carbocycles. The molecular formula is C38H50N8O9. The van der Waals surface area contributed by atoms with Crippen LogP contribution < -0.4 is 21.3 Å². The summed E-state index contributed by atoms with van der Waals surface area (Å²) in [5, 5.41) is 16.5. The third kappa shape index (κ3) is 10.4. The second kappa shape index (κ2) is 19.6. The summed E-state index contributed by atoms with van der Waals surface area (Å²) in [5.41, 5.74) is 2.77. The third-order valence-corrected chi connectivity index (χ3v) is 9.69. The Kier molecular flexibility index (Phi) is 14.1. The lowest BCUT2D eigenvalue weighted by atomic mass is 10.0. The van der Waals surface area contributed by atoms with Crippen molar-refractivity contribution in [3.8, 4) is 0 Å². The van der Waals surface area contributed by atoms with E-state index < -0.39 is 29.7 Å². The molecule has 17 nitrogen and oxygen atoms in total. The molecule has 0 radical (unpaired) electrons. The zero-order chi connectivity index (χ0) is 38.6. The van der Waals surface area contributed by atoms with Gasteiger partial charge in [0.15, 0.2) is 5.65 Å². The second-order valence-electron chi connectivity index (χ2n) is 13.7. The van der Waals surface area contributed by atoms with E-state index in [0.717, 1.165) is 54.2 Å². The van der Waals surface area contributed by atoms with Crippen LogP contribution in [0.1, 0.15) is 78.3 Å². The van der Waals surface area contributed by atoms with Gasteiger partial charge in [-0.2, -0.15) is 9.61 Å². The van der Waals surface area contributed by atoms with Gasteiger partial charge in [0.2, 0.25) is 17.7 Å². The van der Waals surface area contributed by atoms with Crippen molar-refractivity contribution in [2.75, 3.05) is 70.0 Å². The Hall–Kier alpha value is -4.97. The summed E-state index contributed by atoms with van der Waals surface area (Å²) < 4.78 is 24.1. The van der Waals surface area contributed by atoms with E-state index in [1.807, 2.05) is 10.6 Å². The number of aromatic nitrogens is 3. The maximum atomic E-state index is 13.2. The molecule has 6 rings (SSSR count). The number of carbonyl (C=O) groups is 5. The minimum absolute atomic E-state index is 0.0184. The first-order valence-electron chi connectivity index (χ1n) is 19.1. The maximum absolute atomic E-state index is 13.2. The van der Waals surface area contributed by atoms with Gasteiger partial charge in [0, 0.05) is 55.0 Å². The van der Waals surface area contributed by atoms with Gasteiger partial charge in [-0.1, -0.05) is 19.4 Å². The van der Waals surface area contributed by atoms with Crippen LogP contribution in [0, 0.1) is 0 Å². The lowest BCUT2D eigenvalue weighted by Crippen LogP contribution is -2.54. The number of aryl methyl sites for hydroxylation is 1. The van der Waals surface area contributed by atoms with E-state index in [9.17, 15) is 24.0 Å². The number of anilines is 2. The summed E-state index contributed by atoms with van der Waals surface area (Å²) in [6, 6.07) is 8.25. The third-order valence-electron chi connectivity index (χ3n) is 9.69. The first-order chi connectivity index (χ1) is 26.8. The largest absolute Gasteiger partial charge is 0.382 e. The van der Waals surface area contributed by atoms with Crippen molar-refractivity contribution in [3.05, 3.63) is 53.3 Å². The summed E-state index contributed by atoms with van der Waals surface area (Å²) >= 11 is 0. The first-order valence-corrected chi connectivity index (χ1v) is 19.1. The van der Waals surface area contributed by atoms with Crippen LogP contribution in [-0.4, -0.2) is 127 Å². The summed E-state index contributed by atoms with van der Waals surface area (Å²) in [7, 11) is 0. The number of hydrogen-bond donors (Lipinski definition) is 4. The number of fused-ring (bicyclic) bond motifs is 2. The molecule has 5 amide bonds. The van der Waals surface area contributed by atoms with Crippen molar-refractivity contribution in [3.63, 3.8) is 0 Å². The number of piperidine rings is 1. The Bertz CT molecular complexity index is 1830. The van der Waals surface area contributed by atoms with Crippen molar-refractivity contribution in [2.24, 2.45) is 0 Å². The normalized spacial score (nSPS) is 19.6. The molecule has 0 spiro atoms. The zero-order valence-electron chi connectivity index (χ0n) is 31.2. The predicted octanol–water partition coefficient (Wildman–Crippen LogP) is 2.10. The molecule has 4 N–H and O–H groups in total. The molecule has 55 heavy (non-hydrogen) atoms.